The molecular weight excluding hydrogens is 466 g/mol. The van der Waals surface area contributed by atoms with E-state index in [1.807, 2.05) is 45.0 Å². The quantitative estimate of drug-likeness (QED) is 0.177. The van der Waals surface area contributed by atoms with Crippen molar-refractivity contribution in [1.82, 2.24) is 5.32 Å². The number of nitrogens with one attached hydrogen (secondary N) is 1. The van der Waals surface area contributed by atoms with Crippen LogP contribution in [0.1, 0.15) is 117 Å². The van der Waals surface area contributed by atoms with E-state index in [0.29, 0.717) is 6.61 Å². The van der Waals surface area contributed by atoms with E-state index < -0.39 is 18.0 Å². The van der Waals surface area contributed by atoms with Crippen LogP contribution >= 0.6 is 0 Å². The molecule has 0 radical (unpaired) electrons. The van der Waals surface area contributed by atoms with Gasteiger partial charge in [0.25, 0.3) is 0 Å². The second kappa shape index (κ2) is 17.5. The lowest BCUT2D eigenvalue weighted by atomic mass is 10.0. The fourth-order valence-corrected chi connectivity index (χ4v) is 4.42. The van der Waals surface area contributed by atoms with Crippen LogP contribution in [0.3, 0.4) is 0 Å². The molecule has 0 spiro atoms. The molecule has 3 atom stereocenters. The van der Waals surface area contributed by atoms with Gasteiger partial charge in [-0.1, -0.05) is 95.4 Å². The zero-order valence-corrected chi connectivity index (χ0v) is 23.9. The Bertz CT molecular complexity index is 771. The van der Waals surface area contributed by atoms with Crippen LogP contribution in [0.5, 0.6) is 5.75 Å². The van der Waals surface area contributed by atoms with Gasteiger partial charge in [-0.05, 0) is 45.7 Å². The summed E-state index contributed by atoms with van der Waals surface area (Å²) in [6, 6.07) is 7.35. The van der Waals surface area contributed by atoms with Crippen molar-refractivity contribution in [2.75, 3.05) is 13.7 Å². The number of unbranched alkanes of at least 4 members (excludes halogenated alkanes) is 11. The van der Waals surface area contributed by atoms with Crippen molar-refractivity contribution in [2.24, 2.45) is 0 Å². The molecule has 1 N–H and O–H groups in total. The molecule has 1 aliphatic heterocycles. The molecule has 6 heteroatoms. The lowest BCUT2D eigenvalue weighted by molar-refractivity contribution is -0.216. The van der Waals surface area contributed by atoms with E-state index in [-0.39, 0.29) is 12.1 Å². The molecule has 0 bridgehead atoms. The number of alkyl carbamates (subject to hydrolysis) is 1. The van der Waals surface area contributed by atoms with Crippen molar-refractivity contribution in [2.45, 2.75) is 129 Å². The van der Waals surface area contributed by atoms with E-state index in [0.717, 1.165) is 17.7 Å². The summed E-state index contributed by atoms with van der Waals surface area (Å²) in [6.07, 6.45) is 18.7. The Morgan fingerprint density at radius 3 is 2.14 bits per heavy atom. The predicted molar refractivity (Wildman–Crippen MR) is 150 cm³/mol. The summed E-state index contributed by atoms with van der Waals surface area (Å²) in [6.45, 7) is 8.16. The van der Waals surface area contributed by atoms with Crippen LogP contribution in [-0.2, 0) is 14.2 Å². The van der Waals surface area contributed by atoms with E-state index >= 15 is 0 Å². The number of benzene rings is 1. The van der Waals surface area contributed by atoms with Crippen LogP contribution in [0.4, 0.5) is 4.79 Å². The van der Waals surface area contributed by atoms with E-state index in [2.05, 4.69) is 24.4 Å². The molecule has 0 aromatic heterocycles. The highest BCUT2D eigenvalue weighted by atomic mass is 16.7. The fraction of sp³-hybridized carbons (Fsp3) is 0.710. The molecule has 0 aliphatic carbocycles. The van der Waals surface area contributed by atoms with Crippen LogP contribution < -0.4 is 10.1 Å². The predicted octanol–water partition coefficient (Wildman–Crippen LogP) is 8.26. The number of methoxy groups -OCH3 is 1. The highest BCUT2D eigenvalue weighted by Crippen LogP contribution is 2.29. The topological polar surface area (TPSA) is 66.0 Å². The second-order valence-electron chi connectivity index (χ2n) is 11.0. The number of ether oxygens (including phenoxy) is 4. The Morgan fingerprint density at radius 2 is 1.57 bits per heavy atom. The number of hydrogen-bond donors (Lipinski definition) is 1. The van der Waals surface area contributed by atoms with Crippen molar-refractivity contribution in [3.05, 3.63) is 42.0 Å². The van der Waals surface area contributed by atoms with Crippen LogP contribution in [0.2, 0.25) is 0 Å². The Morgan fingerprint density at radius 1 is 0.973 bits per heavy atom. The molecule has 6 nitrogen and oxygen atoms in total. The molecule has 1 fully saturated rings. The van der Waals surface area contributed by atoms with Gasteiger partial charge in [0.2, 0.25) is 0 Å². The van der Waals surface area contributed by atoms with Crippen molar-refractivity contribution in [1.29, 1.82) is 0 Å². The lowest BCUT2D eigenvalue weighted by Crippen LogP contribution is -2.51. The molecule has 1 aromatic carbocycles. The third-order valence-electron chi connectivity index (χ3n) is 6.49. The highest BCUT2D eigenvalue weighted by Gasteiger charge is 2.33. The summed E-state index contributed by atoms with van der Waals surface area (Å²) in [7, 11) is 1.64. The lowest BCUT2D eigenvalue weighted by Gasteiger charge is -2.36. The van der Waals surface area contributed by atoms with Crippen molar-refractivity contribution >= 4 is 6.09 Å². The number of carbonyl (C=O) groups is 1. The molecule has 1 saturated heterocycles. The Labute approximate surface area is 225 Å². The molecule has 1 heterocycles. The Kier molecular flexibility index (Phi) is 14.7. The van der Waals surface area contributed by atoms with Crippen LogP contribution in [0.25, 0.3) is 0 Å². The maximum Gasteiger partial charge on any atom is 0.408 e. The van der Waals surface area contributed by atoms with Gasteiger partial charge in [-0.15, -0.1) is 0 Å². The number of rotatable bonds is 16. The van der Waals surface area contributed by atoms with Crippen LogP contribution in [0.15, 0.2) is 36.4 Å². The molecule has 210 valence electrons. The number of amides is 1. The summed E-state index contributed by atoms with van der Waals surface area (Å²) < 4.78 is 22.9. The summed E-state index contributed by atoms with van der Waals surface area (Å²) in [5.41, 5.74) is 0.354. The fourth-order valence-electron chi connectivity index (χ4n) is 4.42. The standard InChI is InChI=1S/C31H51NO5/c1-6-7-8-9-10-11-12-13-14-15-16-17-18-19-28-27(32-30(33)37-31(2,3)4)24-35-29(36-28)25-20-22-26(34-5)23-21-25/h18-23,27-29H,6-17,24H2,1-5H3,(H,32,33)/b19-18+/t27-,28+,29?/m0/s1. The van der Waals surface area contributed by atoms with Gasteiger partial charge in [0, 0.05) is 5.56 Å². The normalized spacial score (nSPS) is 20.2. The van der Waals surface area contributed by atoms with E-state index in [9.17, 15) is 4.79 Å². The van der Waals surface area contributed by atoms with E-state index in [1.54, 1.807) is 7.11 Å². The van der Waals surface area contributed by atoms with Gasteiger partial charge in [0.15, 0.2) is 6.29 Å². The molecule has 2 rings (SSSR count). The van der Waals surface area contributed by atoms with E-state index in [4.69, 9.17) is 18.9 Å². The van der Waals surface area contributed by atoms with Crippen molar-refractivity contribution in [3.63, 3.8) is 0 Å². The maximum atomic E-state index is 12.4. The highest BCUT2D eigenvalue weighted by molar-refractivity contribution is 5.68. The first kappa shape index (κ1) is 31.2. The van der Waals surface area contributed by atoms with Crippen LogP contribution in [-0.4, -0.2) is 37.6 Å². The maximum absolute atomic E-state index is 12.4. The van der Waals surface area contributed by atoms with Gasteiger partial charge in [-0.3, -0.25) is 0 Å². The SMILES string of the molecule is CCCCCCCCCCCCC/C=C/[C@H]1OC(c2ccc(OC)cc2)OC[C@@H]1NC(=O)OC(C)(C)C. The third-order valence-corrected chi connectivity index (χ3v) is 6.49. The minimum absolute atomic E-state index is 0.305. The van der Waals surface area contributed by atoms with Crippen LogP contribution in [0, 0.1) is 0 Å². The monoisotopic (exact) mass is 517 g/mol. The molecule has 1 unspecified atom stereocenters. The van der Waals surface area contributed by atoms with Crippen molar-refractivity contribution < 1.29 is 23.7 Å². The Balaban J connectivity index is 1.79. The minimum Gasteiger partial charge on any atom is -0.497 e. The van der Waals surface area contributed by atoms with E-state index in [1.165, 1.54) is 70.6 Å². The van der Waals surface area contributed by atoms with Gasteiger partial charge in [-0.25, -0.2) is 4.79 Å². The second-order valence-corrected chi connectivity index (χ2v) is 11.0. The first-order chi connectivity index (χ1) is 17.8. The molecular formula is C31H51NO5. The smallest absolute Gasteiger partial charge is 0.408 e. The molecule has 37 heavy (non-hydrogen) atoms. The average molecular weight is 518 g/mol. The first-order valence-electron chi connectivity index (χ1n) is 14.4. The summed E-state index contributed by atoms with van der Waals surface area (Å²) >= 11 is 0. The zero-order valence-electron chi connectivity index (χ0n) is 23.9. The average Bonchev–Trinajstić information content (AvgIpc) is 2.86. The number of allylic oxidation sites excluding steroid dienone is 1. The van der Waals surface area contributed by atoms with Gasteiger partial charge in [0.1, 0.15) is 17.5 Å². The first-order valence-corrected chi connectivity index (χ1v) is 14.4. The third kappa shape index (κ3) is 13.4. The summed E-state index contributed by atoms with van der Waals surface area (Å²) in [4.78, 5) is 12.4. The molecule has 1 aromatic rings. The van der Waals surface area contributed by atoms with Gasteiger partial charge >= 0.3 is 6.09 Å². The molecule has 1 aliphatic rings. The zero-order chi connectivity index (χ0) is 26.9. The number of carbonyl (C=O) groups excluding carboxylic acids is 1. The summed E-state index contributed by atoms with van der Waals surface area (Å²) in [5.74, 6) is 0.785. The largest absolute Gasteiger partial charge is 0.497 e. The molecule has 1 amide bonds. The van der Waals surface area contributed by atoms with Gasteiger partial charge in [-0.2, -0.15) is 0 Å². The summed E-state index contributed by atoms with van der Waals surface area (Å²) in [5, 5.41) is 2.93. The van der Waals surface area contributed by atoms with Gasteiger partial charge < -0.3 is 24.3 Å². The Hall–Kier alpha value is -2.05. The molecule has 0 saturated carbocycles. The van der Waals surface area contributed by atoms with Crippen molar-refractivity contribution in [3.8, 4) is 5.75 Å². The minimum atomic E-state index is -0.563. The van der Waals surface area contributed by atoms with Gasteiger partial charge in [0.05, 0.1) is 19.8 Å². The number of hydrogen-bond acceptors (Lipinski definition) is 5.